The molecule has 1 aromatic rings. The van der Waals surface area contributed by atoms with Crippen LogP contribution in [0.2, 0.25) is 0 Å². The van der Waals surface area contributed by atoms with Crippen LogP contribution in [0.3, 0.4) is 0 Å². The van der Waals surface area contributed by atoms with Crippen LogP contribution in [0.5, 0.6) is 0 Å². The molecule has 2 heterocycles. The quantitative estimate of drug-likeness (QED) is 0.652. The van der Waals surface area contributed by atoms with E-state index < -0.39 is 4.92 Å². The minimum Gasteiger partial charge on any atom is -0.376 e. The van der Waals surface area contributed by atoms with Crippen molar-refractivity contribution in [1.29, 1.82) is 0 Å². The van der Waals surface area contributed by atoms with Gasteiger partial charge in [0.1, 0.15) is 0 Å². The van der Waals surface area contributed by atoms with Gasteiger partial charge in [-0.05, 0) is 31.2 Å². The first-order valence-corrected chi connectivity index (χ1v) is 6.23. The molecule has 0 amide bonds. The molecule has 6 heteroatoms. The average molecular weight is 249 g/mol. The number of pyridine rings is 1. The number of rotatable bonds is 4. The summed E-state index contributed by atoms with van der Waals surface area (Å²) in [7, 11) is 0. The lowest BCUT2D eigenvalue weighted by Crippen LogP contribution is -2.31. The lowest BCUT2D eigenvalue weighted by Gasteiger charge is -2.19. The summed E-state index contributed by atoms with van der Waals surface area (Å²) in [5.74, 6) is 0.969. The van der Waals surface area contributed by atoms with E-state index in [1.165, 1.54) is 18.9 Å². The maximum absolute atomic E-state index is 10.9. The summed E-state index contributed by atoms with van der Waals surface area (Å²) in [6.45, 7) is 0.722. The van der Waals surface area contributed by atoms with Gasteiger partial charge in [-0.1, -0.05) is 0 Å². The van der Waals surface area contributed by atoms with Gasteiger partial charge < -0.3 is 10.1 Å². The normalized spacial score (nSPS) is 27.1. The number of ether oxygens (including phenoxy) is 1. The highest BCUT2D eigenvalue weighted by Crippen LogP contribution is 2.40. The Bertz CT molecular complexity index is 462. The minimum absolute atomic E-state index is 0.0268. The molecule has 1 aromatic heterocycles. The van der Waals surface area contributed by atoms with E-state index in [-0.39, 0.29) is 17.8 Å². The van der Waals surface area contributed by atoms with Crippen LogP contribution >= 0.6 is 0 Å². The largest absolute Gasteiger partial charge is 0.376 e. The van der Waals surface area contributed by atoms with Crippen LogP contribution in [0.4, 0.5) is 11.5 Å². The number of hydrogen-bond donors (Lipinski definition) is 1. The molecule has 2 fully saturated rings. The lowest BCUT2D eigenvalue weighted by atomic mass is 10.1. The zero-order valence-corrected chi connectivity index (χ0v) is 9.91. The van der Waals surface area contributed by atoms with Crippen molar-refractivity contribution >= 4 is 11.5 Å². The van der Waals surface area contributed by atoms with Gasteiger partial charge in [-0.3, -0.25) is 10.1 Å². The van der Waals surface area contributed by atoms with Crippen molar-refractivity contribution in [3.63, 3.8) is 0 Å². The van der Waals surface area contributed by atoms with Crippen molar-refractivity contribution in [2.75, 3.05) is 11.9 Å². The highest BCUT2D eigenvalue weighted by Gasteiger charge is 2.41. The van der Waals surface area contributed by atoms with Crippen LogP contribution in [-0.2, 0) is 4.74 Å². The number of nitro groups is 1. The molecule has 1 aliphatic heterocycles. The maximum atomic E-state index is 10.9. The fourth-order valence-corrected chi connectivity index (χ4v) is 2.49. The first kappa shape index (κ1) is 11.4. The zero-order chi connectivity index (χ0) is 12.5. The Morgan fingerprint density at radius 2 is 2.28 bits per heavy atom. The van der Waals surface area contributed by atoms with Gasteiger partial charge in [0, 0.05) is 18.9 Å². The van der Waals surface area contributed by atoms with Gasteiger partial charge in [-0.25, -0.2) is 4.98 Å². The summed E-state index contributed by atoms with van der Waals surface area (Å²) in [5, 5.41) is 14.1. The van der Waals surface area contributed by atoms with Gasteiger partial charge in [-0.2, -0.15) is 0 Å². The van der Waals surface area contributed by atoms with E-state index in [4.69, 9.17) is 4.74 Å². The maximum Gasteiger partial charge on any atom is 0.311 e. The van der Waals surface area contributed by atoms with Gasteiger partial charge in [0.15, 0.2) is 0 Å². The third kappa shape index (κ3) is 2.15. The van der Waals surface area contributed by atoms with Crippen LogP contribution in [0.25, 0.3) is 0 Å². The number of aromatic nitrogens is 1. The standard InChI is InChI=1S/C12H15N3O3/c16-15(17)10-2-1-6-13-12(10)14-9-5-7-18-11(9)8-3-4-8/h1-2,6,8-9,11H,3-5,7H2,(H,13,14). The number of nitrogens with zero attached hydrogens (tertiary/aromatic N) is 2. The summed E-state index contributed by atoms with van der Waals surface area (Å²) in [6, 6.07) is 3.19. The van der Waals surface area contributed by atoms with E-state index in [1.54, 1.807) is 12.3 Å². The molecule has 2 aliphatic rings. The Hall–Kier alpha value is -1.69. The molecule has 96 valence electrons. The minimum atomic E-state index is -0.405. The molecule has 2 atom stereocenters. The zero-order valence-electron chi connectivity index (χ0n) is 9.91. The van der Waals surface area contributed by atoms with Gasteiger partial charge >= 0.3 is 5.69 Å². The monoisotopic (exact) mass is 249 g/mol. The van der Waals surface area contributed by atoms with Crippen molar-refractivity contribution in [2.45, 2.75) is 31.4 Å². The molecule has 18 heavy (non-hydrogen) atoms. The van der Waals surface area contributed by atoms with Gasteiger partial charge in [0.2, 0.25) is 5.82 Å². The van der Waals surface area contributed by atoms with Crippen molar-refractivity contribution in [3.05, 3.63) is 28.4 Å². The molecule has 2 unspecified atom stereocenters. The van der Waals surface area contributed by atoms with Crippen LogP contribution < -0.4 is 5.32 Å². The smallest absolute Gasteiger partial charge is 0.311 e. The molecule has 1 saturated carbocycles. The van der Waals surface area contributed by atoms with Gasteiger partial charge in [0.25, 0.3) is 0 Å². The van der Waals surface area contributed by atoms with Crippen LogP contribution in [-0.4, -0.2) is 28.7 Å². The topological polar surface area (TPSA) is 77.3 Å². The predicted molar refractivity (Wildman–Crippen MR) is 65.4 cm³/mol. The van der Waals surface area contributed by atoms with E-state index >= 15 is 0 Å². The van der Waals surface area contributed by atoms with Crippen molar-refractivity contribution in [2.24, 2.45) is 5.92 Å². The van der Waals surface area contributed by atoms with Gasteiger partial charge in [-0.15, -0.1) is 0 Å². The average Bonchev–Trinajstić information content (AvgIpc) is 3.11. The van der Waals surface area contributed by atoms with Crippen LogP contribution in [0, 0.1) is 16.0 Å². The summed E-state index contributed by atoms with van der Waals surface area (Å²) in [6.07, 6.45) is 5.04. The number of anilines is 1. The van der Waals surface area contributed by atoms with Crippen LogP contribution in [0.15, 0.2) is 18.3 Å². The Labute approximate surface area is 105 Å². The Kier molecular flexibility index (Phi) is 2.87. The summed E-state index contributed by atoms with van der Waals surface area (Å²) in [5.41, 5.74) is 0.0268. The summed E-state index contributed by atoms with van der Waals surface area (Å²) < 4.78 is 5.70. The number of hydrogen-bond acceptors (Lipinski definition) is 5. The lowest BCUT2D eigenvalue weighted by molar-refractivity contribution is -0.384. The highest BCUT2D eigenvalue weighted by atomic mass is 16.6. The van der Waals surface area contributed by atoms with Crippen molar-refractivity contribution < 1.29 is 9.66 Å². The Morgan fingerprint density at radius 1 is 1.44 bits per heavy atom. The van der Waals surface area contributed by atoms with E-state index in [2.05, 4.69) is 10.3 Å². The fourth-order valence-electron chi connectivity index (χ4n) is 2.49. The molecule has 1 aliphatic carbocycles. The number of nitrogens with one attached hydrogen (secondary N) is 1. The molecule has 0 aromatic carbocycles. The van der Waals surface area contributed by atoms with Crippen molar-refractivity contribution in [1.82, 2.24) is 4.98 Å². The first-order chi connectivity index (χ1) is 8.75. The van der Waals surface area contributed by atoms with Gasteiger partial charge in [0.05, 0.1) is 17.1 Å². The summed E-state index contributed by atoms with van der Waals surface area (Å²) in [4.78, 5) is 14.6. The SMILES string of the molecule is O=[N+]([O-])c1cccnc1NC1CCOC1C1CC1. The Balaban J connectivity index is 1.77. The molecule has 6 nitrogen and oxygen atoms in total. The third-order valence-electron chi connectivity index (χ3n) is 3.53. The second-order valence-corrected chi connectivity index (χ2v) is 4.84. The summed E-state index contributed by atoms with van der Waals surface area (Å²) >= 11 is 0. The highest BCUT2D eigenvalue weighted by molar-refractivity contribution is 5.55. The molecule has 1 saturated heterocycles. The predicted octanol–water partition coefficient (Wildman–Crippen LogP) is 1.97. The van der Waals surface area contributed by atoms with E-state index in [0.29, 0.717) is 11.7 Å². The van der Waals surface area contributed by atoms with E-state index in [0.717, 1.165) is 13.0 Å². The molecular weight excluding hydrogens is 234 g/mol. The third-order valence-corrected chi connectivity index (χ3v) is 3.53. The molecule has 0 bridgehead atoms. The molecule has 3 rings (SSSR count). The van der Waals surface area contributed by atoms with E-state index in [1.807, 2.05) is 0 Å². The fraction of sp³-hybridized carbons (Fsp3) is 0.583. The molecule has 1 N–H and O–H groups in total. The molecular formula is C12H15N3O3. The first-order valence-electron chi connectivity index (χ1n) is 6.23. The molecule has 0 spiro atoms. The Morgan fingerprint density at radius 3 is 3.00 bits per heavy atom. The molecule has 0 radical (unpaired) electrons. The second kappa shape index (κ2) is 4.53. The van der Waals surface area contributed by atoms with E-state index in [9.17, 15) is 10.1 Å². The second-order valence-electron chi connectivity index (χ2n) is 4.84. The van der Waals surface area contributed by atoms with Crippen molar-refractivity contribution in [3.8, 4) is 0 Å². The van der Waals surface area contributed by atoms with Crippen LogP contribution in [0.1, 0.15) is 19.3 Å².